The van der Waals surface area contributed by atoms with Gasteiger partial charge in [0.25, 0.3) is 0 Å². The number of Topliss-reactive ketones (excluding diaryl/α,β-unsaturated/α-hetero) is 1. The van der Waals surface area contributed by atoms with Gasteiger partial charge in [0.1, 0.15) is 0 Å². The minimum absolute atomic E-state index is 0.00653. The molecule has 1 atom stereocenters. The number of ketones is 1. The van der Waals surface area contributed by atoms with E-state index in [1.807, 2.05) is 6.92 Å². The molecule has 12 heavy (non-hydrogen) atoms. The summed E-state index contributed by atoms with van der Waals surface area (Å²) in [4.78, 5) is 21.6. The van der Waals surface area contributed by atoms with Crippen molar-refractivity contribution < 1.29 is 14.3 Å². The zero-order valence-corrected chi connectivity index (χ0v) is 7.92. The summed E-state index contributed by atoms with van der Waals surface area (Å²) in [6, 6.07) is 0. The molecule has 0 radical (unpaired) electrons. The number of carbonyl (C=O) groups excluding carboxylic acids is 2. The molecule has 0 aromatic heterocycles. The highest BCUT2D eigenvalue weighted by molar-refractivity contribution is 5.84. The highest BCUT2D eigenvalue weighted by atomic mass is 16.5. The summed E-state index contributed by atoms with van der Waals surface area (Å²) in [5.74, 6) is -0.389. The van der Waals surface area contributed by atoms with E-state index in [-0.39, 0.29) is 5.78 Å². The predicted molar refractivity (Wildman–Crippen MR) is 45.8 cm³/mol. The lowest BCUT2D eigenvalue weighted by Gasteiger charge is -2.09. The predicted octanol–water partition coefficient (Wildman–Crippen LogP) is 1.70. The topological polar surface area (TPSA) is 43.4 Å². The fourth-order valence-corrected chi connectivity index (χ4v) is 0.869. The maximum atomic E-state index is 11.2. The van der Waals surface area contributed by atoms with Crippen LogP contribution in [0, 0.1) is 0 Å². The summed E-state index contributed by atoms with van der Waals surface area (Å²) in [6.07, 6.45) is 1.78. The third-order valence-corrected chi connectivity index (χ3v) is 1.57. The molecule has 3 heteroatoms. The van der Waals surface area contributed by atoms with Crippen molar-refractivity contribution >= 4 is 11.8 Å². The van der Waals surface area contributed by atoms with Crippen molar-refractivity contribution in [3.63, 3.8) is 0 Å². The second-order valence-corrected chi connectivity index (χ2v) is 2.82. The van der Waals surface area contributed by atoms with E-state index in [2.05, 4.69) is 0 Å². The molecule has 0 aliphatic carbocycles. The molecule has 0 saturated heterocycles. The number of hydrogen-bond donors (Lipinski definition) is 0. The van der Waals surface area contributed by atoms with E-state index >= 15 is 0 Å². The molecule has 0 aliphatic heterocycles. The minimum atomic E-state index is -0.575. The molecule has 0 fully saturated rings. The molecule has 3 nitrogen and oxygen atoms in total. The standard InChI is InChI=1S/C9H16O3/c1-4-5-6-9(11)7(2)12-8(3)10/h7H,4-6H2,1-3H3/t7-/m0/s1. The summed E-state index contributed by atoms with van der Waals surface area (Å²) in [7, 11) is 0. The lowest BCUT2D eigenvalue weighted by atomic mass is 10.1. The second-order valence-electron chi connectivity index (χ2n) is 2.82. The summed E-state index contributed by atoms with van der Waals surface area (Å²) in [5, 5.41) is 0. The van der Waals surface area contributed by atoms with Gasteiger partial charge in [0.05, 0.1) is 0 Å². The van der Waals surface area contributed by atoms with E-state index in [1.54, 1.807) is 6.92 Å². The first-order valence-corrected chi connectivity index (χ1v) is 4.27. The number of ether oxygens (including phenoxy) is 1. The summed E-state index contributed by atoms with van der Waals surface area (Å²) in [6.45, 7) is 4.94. The van der Waals surface area contributed by atoms with E-state index in [0.29, 0.717) is 6.42 Å². The number of esters is 1. The van der Waals surface area contributed by atoms with Gasteiger partial charge in [-0.2, -0.15) is 0 Å². The van der Waals surface area contributed by atoms with Gasteiger partial charge in [-0.1, -0.05) is 13.3 Å². The Bertz CT molecular complexity index is 163. The van der Waals surface area contributed by atoms with Crippen molar-refractivity contribution in [2.45, 2.75) is 46.1 Å². The van der Waals surface area contributed by atoms with E-state index < -0.39 is 12.1 Å². The molecule has 0 unspecified atom stereocenters. The van der Waals surface area contributed by atoms with E-state index in [0.717, 1.165) is 12.8 Å². The maximum absolute atomic E-state index is 11.2. The molecule has 0 heterocycles. The van der Waals surface area contributed by atoms with Gasteiger partial charge in [0.15, 0.2) is 11.9 Å². The zero-order valence-electron chi connectivity index (χ0n) is 7.92. The molecule has 0 aromatic carbocycles. The SMILES string of the molecule is CCCCC(=O)[C@H](C)OC(C)=O. The lowest BCUT2D eigenvalue weighted by molar-refractivity contribution is -0.151. The van der Waals surface area contributed by atoms with Crippen LogP contribution < -0.4 is 0 Å². The highest BCUT2D eigenvalue weighted by Gasteiger charge is 2.14. The van der Waals surface area contributed by atoms with Gasteiger partial charge in [0, 0.05) is 13.3 Å². The molecule has 0 amide bonds. The Morgan fingerprint density at radius 3 is 2.42 bits per heavy atom. The third kappa shape index (κ3) is 4.88. The molecule has 0 spiro atoms. The highest BCUT2D eigenvalue weighted by Crippen LogP contribution is 2.02. The Hall–Kier alpha value is -0.860. The Morgan fingerprint density at radius 2 is 2.00 bits per heavy atom. The summed E-state index contributed by atoms with van der Waals surface area (Å²) < 4.78 is 4.72. The van der Waals surface area contributed by atoms with Crippen LogP contribution >= 0.6 is 0 Å². The average Bonchev–Trinajstić information content (AvgIpc) is 1.98. The van der Waals surface area contributed by atoms with Crippen molar-refractivity contribution in [3.05, 3.63) is 0 Å². The van der Waals surface area contributed by atoms with Crippen LogP contribution in [0.5, 0.6) is 0 Å². The second kappa shape index (κ2) is 5.75. The number of hydrogen-bond acceptors (Lipinski definition) is 3. The van der Waals surface area contributed by atoms with Crippen LogP contribution in [0.2, 0.25) is 0 Å². The smallest absolute Gasteiger partial charge is 0.303 e. The first-order valence-electron chi connectivity index (χ1n) is 4.27. The maximum Gasteiger partial charge on any atom is 0.303 e. The number of rotatable bonds is 5. The summed E-state index contributed by atoms with van der Waals surface area (Å²) >= 11 is 0. The molecular formula is C9H16O3. The Kier molecular flexibility index (Phi) is 5.34. The van der Waals surface area contributed by atoms with Gasteiger partial charge < -0.3 is 4.74 Å². The number of unbranched alkanes of at least 4 members (excludes halogenated alkanes) is 1. The molecule has 70 valence electrons. The van der Waals surface area contributed by atoms with Gasteiger partial charge in [-0.25, -0.2) is 0 Å². The Morgan fingerprint density at radius 1 is 1.42 bits per heavy atom. The molecule has 0 aliphatic rings. The van der Waals surface area contributed by atoms with Gasteiger partial charge in [-0.05, 0) is 13.3 Å². The first kappa shape index (κ1) is 11.1. The van der Waals surface area contributed by atoms with E-state index in [4.69, 9.17) is 4.74 Å². The van der Waals surface area contributed by atoms with Gasteiger partial charge in [0.2, 0.25) is 0 Å². The fourth-order valence-electron chi connectivity index (χ4n) is 0.869. The average molecular weight is 172 g/mol. The molecule has 0 bridgehead atoms. The monoisotopic (exact) mass is 172 g/mol. The molecular weight excluding hydrogens is 156 g/mol. The van der Waals surface area contributed by atoms with Crippen LogP contribution in [0.25, 0.3) is 0 Å². The van der Waals surface area contributed by atoms with Crippen LogP contribution in [0.3, 0.4) is 0 Å². The molecule has 0 rings (SSSR count). The van der Waals surface area contributed by atoms with Crippen LogP contribution in [-0.4, -0.2) is 17.9 Å². The van der Waals surface area contributed by atoms with Crippen LogP contribution in [0.15, 0.2) is 0 Å². The van der Waals surface area contributed by atoms with Gasteiger partial charge in [-0.3, -0.25) is 9.59 Å². The lowest BCUT2D eigenvalue weighted by Crippen LogP contribution is -2.22. The third-order valence-electron chi connectivity index (χ3n) is 1.57. The largest absolute Gasteiger partial charge is 0.455 e. The van der Waals surface area contributed by atoms with Crippen molar-refractivity contribution in [1.29, 1.82) is 0 Å². The van der Waals surface area contributed by atoms with Crippen LogP contribution in [0.1, 0.15) is 40.0 Å². The fraction of sp³-hybridized carbons (Fsp3) is 0.778. The normalized spacial score (nSPS) is 12.2. The van der Waals surface area contributed by atoms with E-state index in [1.165, 1.54) is 6.92 Å². The first-order chi connectivity index (χ1) is 5.57. The van der Waals surface area contributed by atoms with Gasteiger partial charge >= 0.3 is 5.97 Å². The number of carbonyl (C=O) groups is 2. The van der Waals surface area contributed by atoms with Crippen molar-refractivity contribution in [3.8, 4) is 0 Å². The Labute approximate surface area is 73.1 Å². The van der Waals surface area contributed by atoms with Gasteiger partial charge in [-0.15, -0.1) is 0 Å². The Balaban J connectivity index is 3.69. The van der Waals surface area contributed by atoms with Crippen LogP contribution in [-0.2, 0) is 14.3 Å². The zero-order chi connectivity index (χ0) is 9.56. The molecule has 0 N–H and O–H groups in total. The quantitative estimate of drug-likeness (QED) is 0.593. The van der Waals surface area contributed by atoms with E-state index in [9.17, 15) is 9.59 Å². The molecule has 0 aromatic rings. The molecule has 0 saturated carbocycles. The van der Waals surface area contributed by atoms with Crippen LogP contribution in [0.4, 0.5) is 0 Å². The summed E-state index contributed by atoms with van der Waals surface area (Å²) in [5.41, 5.74) is 0. The van der Waals surface area contributed by atoms with Crippen molar-refractivity contribution in [2.24, 2.45) is 0 Å². The van der Waals surface area contributed by atoms with Crippen molar-refractivity contribution in [1.82, 2.24) is 0 Å². The minimum Gasteiger partial charge on any atom is -0.455 e. The van der Waals surface area contributed by atoms with Crippen molar-refractivity contribution in [2.75, 3.05) is 0 Å².